The summed E-state index contributed by atoms with van der Waals surface area (Å²) in [6.07, 6.45) is 5.12. The minimum Gasteiger partial charge on any atom is -0.371 e. The van der Waals surface area contributed by atoms with Crippen molar-refractivity contribution in [2.45, 2.75) is 19.6 Å². The Morgan fingerprint density at radius 1 is 1.08 bits per heavy atom. The van der Waals surface area contributed by atoms with Crippen molar-refractivity contribution in [1.82, 2.24) is 29.8 Å². The molecule has 2 aromatic carbocycles. The van der Waals surface area contributed by atoms with Crippen molar-refractivity contribution in [3.8, 4) is 22.5 Å². The summed E-state index contributed by atoms with van der Waals surface area (Å²) in [6, 6.07) is 17.0. The molecule has 0 radical (unpaired) electrons. The van der Waals surface area contributed by atoms with Gasteiger partial charge in [-0.1, -0.05) is 35.9 Å². The van der Waals surface area contributed by atoms with E-state index < -0.39 is 0 Å². The van der Waals surface area contributed by atoms with E-state index in [-0.39, 0.29) is 11.7 Å². The molecule has 39 heavy (non-hydrogen) atoms. The normalized spacial score (nSPS) is 15.4. The molecule has 0 amide bonds. The van der Waals surface area contributed by atoms with Gasteiger partial charge in [0.2, 0.25) is 5.95 Å². The van der Waals surface area contributed by atoms with Crippen LogP contribution in [0, 0.1) is 0 Å². The van der Waals surface area contributed by atoms with E-state index in [1.165, 1.54) is 0 Å². The molecule has 1 saturated heterocycles. The van der Waals surface area contributed by atoms with Gasteiger partial charge < -0.3 is 15.4 Å². The summed E-state index contributed by atoms with van der Waals surface area (Å²) in [4.78, 5) is 31.3. The van der Waals surface area contributed by atoms with Crippen molar-refractivity contribution < 1.29 is 4.74 Å². The van der Waals surface area contributed by atoms with Gasteiger partial charge >= 0.3 is 0 Å². The number of morpholine rings is 1. The number of nitrogens with one attached hydrogen (secondary N) is 2. The Balaban J connectivity index is 1.30. The third-order valence-electron chi connectivity index (χ3n) is 6.69. The van der Waals surface area contributed by atoms with Gasteiger partial charge in [-0.25, -0.2) is 15.0 Å². The van der Waals surface area contributed by atoms with E-state index in [0.717, 1.165) is 35.3 Å². The molecule has 0 spiro atoms. The molecule has 1 fully saturated rings. The van der Waals surface area contributed by atoms with E-state index in [0.29, 0.717) is 46.7 Å². The van der Waals surface area contributed by atoms with E-state index >= 15 is 0 Å². The molecule has 3 aromatic heterocycles. The average Bonchev–Trinajstić information content (AvgIpc) is 2.98. The van der Waals surface area contributed by atoms with Crippen LogP contribution in [-0.2, 0) is 11.3 Å². The van der Waals surface area contributed by atoms with Crippen LogP contribution in [0.4, 0.5) is 11.6 Å². The predicted octanol–water partition coefficient (Wildman–Crippen LogP) is 4.99. The number of ether oxygens (including phenoxy) is 1. The molecule has 5 aromatic rings. The lowest BCUT2D eigenvalue weighted by Gasteiger charge is -2.24. The van der Waals surface area contributed by atoms with Crippen LogP contribution in [-0.4, -0.2) is 44.2 Å². The van der Waals surface area contributed by atoms with Gasteiger partial charge in [0.15, 0.2) is 5.82 Å². The molecule has 4 heterocycles. The van der Waals surface area contributed by atoms with E-state index in [4.69, 9.17) is 16.3 Å². The smallest absolute Gasteiger partial charge is 0.260 e. The first-order valence-electron chi connectivity index (χ1n) is 12.8. The highest BCUT2D eigenvalue weighted by molar-refractivity contribution is 6.33. The van der Waals surface area contributed by atoms with Crippen LogP contribution in [0.15, 0.2) is 78.0 Å². The fraction of sp³-hybridized carbons (Fsp3) is 0.207. The van der Waals surface area contributed by atoms with Crippen LogP contribution in [0.1, 0.15) is 18.6 Å². The third-order valence-corrected chi connectivity index (χ3v) is 7.01. The number of benzene rings is 2. The van der Waals surface area contributed by atoms with Crippen molar-refractivity contribution in [1.29, 1.82) is 0 Å². The molecule has 1 aliphatic heterocycles. The van der Waals surface area contributed by atoms with Gasteiger partial charge in [0.25, 0.3) is 5.56 Å². The van der Waals surface area contributed by atoms with Crippen LogP contribution in [0.5, 0.6) is 0 Å². The Hall–Kier alpha value is -4.18. The van der Waals surface area contributed by atoms with E-state index in [9.17, 15) is 4.79 Å². The molecule has 2 N–H and O–H groups in total. The lowest BCUT2D eigenvalue weighted by Crippen LogP contribution is -2.33. The second-order valence-electron chi connectivity index (χ2n) is 9.16. The Kier molecular flexibility index (Phi) is 7.02. The standard InChI is InChI=1S/C29H26ClN7O2/c1-2-37-27-20(14-23(28(37)38)22-9-6-19(15-24(22)30)26-32-10-3-11-33-26)16-34-29(36-27)35-21-7-4-18(5-8-21)25-17-31-12-13-39-25/h3-11,14-16,25,31H,2,12-13,17H2,1H3,(H,34,35,36). The SMILES string of the molecule is CCn1c(=O)c(-c2ccc(-c3ncccn3)cc2Cl)cc2cnc(Nc3ccc(C4CNCCO4)cc3)nc21. The molecular formula is C29H26ClN7O2. The highest BCUT2D eigenvalue weighted by atomic mass is 35.5. The summed E-state index contributed by atoms with van der Waals surface area (Å²) in [5, 5.41) is 7.77. The summed E-state index contributed by atoms with van der Waals surface area (Å²) < 4.78 is 7.47. The Morgan fingerprint density at radius 3 is 2.62 bits per heavy atom. The Labute approximate surface area is 229 Å². The first-order valence-corrected chi connectivity index (χ1v) is 13.2. The maximum atomic E-state index is 13.6. The van der Waals surface area contributed by atoms with Crippen molar-refractivity contribution in [2.75, 3.05) is 25.0 Å². The zero-order chi connectivity index (χ0) is 26.8. The number of aryl methyl sites for hydroxylation is 1. The highest BCUT2D eigenvalue weighted by Crippen LogP contribution is 2.31. The van der Waals surface area contributed by atoms with Crippen molar-refractivity contribution in [3.63, 3.8) is 0 Å². The monoisotopic (exact) mass is 539 g/mol. The molecule has 6 rings (SSSR count). The molecule has 0 aliphatic carbocycles. The minimum atomic E-state index is -0.175. The third kappa shape index (κ3) is 5.12. The zero-order valence-electron chi connectivity index (χ0n) is 21.3. The summed E-state index contributed by atoms with van der Waals surface area (Å²) in [5.74, 6) is 0.975. The number of rotatable bonds is 6. The molecule has 0 bridgehead atoms. The van der Waals surface area contributed by atoms with Gasteiger partial charge in [-0.3, -0.25) is 9.36 Å². The van der Waals surface area contributed by atoms with E-state index in [1.54, 1.807) is 41.4 Å². The maximum absolute atomic E-state index is 13.6. The van der Waals surface area contributed by atoms with Gasteiger partial charge in [-0.2, -0.15) is 4.98 Å². The molecule has 196 valence electrons. The summed E-state index contributed by atoms with van der Waals surface area (Å²) in [6.45, 7) is 4.74. The van der Waals surface area contributed by atoms with Gasteiger partial charge in [0, 0.05) is 71.0 Å². The fourth-order valence-electron chi connectivity index (χ4n) is 4.72. The van der Waals surface area contributed by atoms with Crippen molar-refractivity contribution in [2.24, 2.45) is 0 Å². The summed E-state index contributed by atoms with van der Waals surface area (Å²) in [7, 11) is 0. The molecule has 9 nitrogen and oxygen atoms in total. The Bertz CT molecular complexity index is 1680. The predicted molar refractivity (Wildman–Crippen MR) is 152 cm³/mol. The maximum Gasteiger partial charge on any atom is 0.260 e. The fourth-order valence-corrected chi connectivity index (χ4v) is 5.00. The highest BCUT2D eigenvalue weighted by Gasteiger charge is 2.17. The Morgan fingerprint density at radius 2 is 1.90 bits per heavy atom. The van der Waals surface area contributed by atoms with Gasteiger partial charge in [-0.05, 0) is 42.8 Å². The average molecular weight is 540 g/mol. The number of anilines is 2. The van der Waals surface area contributed by atoms with Gasteiger partial charge in [0.05, 0.1) is 12.7 Å². The molecular weight excluding hydrogens is 514 g/mol. The number of pyridine rings is 1. The van der Waals surface area contributed by atoms with Crippen LogP contribution in [0.25, 0.3) is 33.5 Å². The minimum absolute atomic E-state index is 0.0503. The van der Waals surface area contributed by atoms with Gasteiger partial charge in [-0.15, -0.1) is 0 Å². The zero-order valence-corrected chi connectivity index (χ0v) is 22.0. The summed E-state index contributed by atoms with van der Waals surface area (Å²) in [5.41, 5.74) is 4.22. The molecule has 10 heteroatoms. The lowest BCUT2D eigenvalue weighted by molar-refractivity contribution is 0.0277. The second kappa shape index (κ2) is 10.9. The lowest BCUT2D eigenvalue weighted by atomic mass is 10.0. The van der Waals surface area contributed by atoms with Crippen molar-refractivity contribution in [3.05, 3.63) is 94.1 Å². The number of hydrogen-bond donors (Lipinski definition) is 2. The van der Waals surface area contributed by atoms with Crippen molar-refractivity contribution >= 4 is 34.3 Å². The largest absolute Gasteiger partial charge is 0.371 e. The molecule has 1 unspecified atom stereocenters. The quantitative estimate of drug-likeness (QED) is 0.311. The van der Waals surface area contributed by atoms with E-state index in [1.807, 2.05) is 43.3 Å². The topological polar surface area (TPSA) is 107 Å². The second-order valence-corrected chi connectivity index (χ2v) is 9.56. The number of aromatic nitrogens is 5. The number of halogens is 1. The first-order chi connectivity index (χ1) is 19.1. The van der Waals surface area contributed by atoms with Crippen LogP contribution in [0.2, 0.25) is 5.02 Å². The molecule has 0 saturated carbocycles. The number of nitrogens with zero attached hydrogens (tertiary/aromatic N) is 5. The molecule has 1 atom stereocenters. The summed E-state index contributed by atoms with van der Waals surface area (Å²) >= 11 is 6.65. The number of fused-ring (bicyclic) bond motifs is 1. The van der Waals surface area contributed by atoms with Crippen LogP contribution in [0.3, 0.4) is 0 Å². The molecule has 1 aliphatic rings. The first kappa shape index (κ1) is 25.1. The van der Waals surface area contributed by atoms with Gasteiger partial charge in [0.1, 0.15) is 5.65 Å². The van der Waals surface area contributed by atoms with E-state index in [2.05, 4.69) is 30.6 Å². The van der Waals surface area contributed by atoms with Crippen LogP contribution >= 0.6 is 11.6 Å². The number of hydrogen-bond acceptors (Lipinski definition) is 8. The van der Waals surface area contributed by atoms with Crippen LogP contribution < -0.4 is 16.2 Å².